The van der Waals surface area contributed by atoms with Crippen LogP contribution in [0.2, 0.25) is 5.02 Å². The molecular formula is C27H32BrClN4O6S. The lowest BCUT2D eigenvalue weighted by Gasteiger charge is -2.22. The topological polar surface area (TPSA) is 131 Å². The SMILES string of the molecule is CCS(=O)(=O)c1ccc(Cl)cc1Cn1c(=O)[nH]c2cc(CN3CCC(NC(=O)OC(C)(C)C)C3)c(Br)cc2c1=O. The van der Waals surface area contributed by atoms with E-state index in [0.717, 1.165) is 23.1 Å². The fraction of sp³-hybridized carbons (Fsp3) is 0.444. The first-order valence-corrected chi connectivity index (χ1v) is 15.7. The minimum Gasteiger partial charge on any atom is -0.444 e. The van der Waals surface area contributed by atoms with Gasteiger partial charge < -0.3 is 15.0 Å². The van der Waals surface area contributed by atoms with Crippen molar-refractivity contribution in [2.45, 2.75) is 63.7 Å². The van der Waals surface area contributed by atoms with Crippen molar-refractivity contribution in [2.75, 3.05) is 18.8 Å². The number of H-pyrrole nitrogens is 1. The van der Waals surface area contributed by atoms with E-state index in [-0.39, 0.29) is 34.2 Å². The molecule has 1 fully saturated rings. The minimum absolute atomic E-state index is 0.0346. The van der Waals surface area contributed by atoms with E-state index in [1.807, 2.05) is 20.8 Å². The van der Waals surface area contributed by atoms with Crippen LogP contribution in [0.1, 0.15) is 45.2 Å². The smallest absolute Gasteiger partial charge is 0.407 e. The fourth-order valence-electron chi connectivity index (χ4n) is 4.69. The molecule has 4 rings (SSSR count). The van der Waals surface area contributed by atoms with Crippen molar-refractivity contribution in [2.24, 2.45) is 0 Å². The van der Waals surface area contributed by atoms with Gasteiger partial charge in [-0.25, -0.2) is 18.0 Å². The number of hydrogen-bond acceptors (Lipinski definition) is 7. The van der Waals surface area contributed by atoms with Crippen molar-refractivity contribution in [1.29, 1.82) is 0 Å². The second-order valence-electron chi connectivity index (χ2n) is 10.8. The van der Waals surface area contributed by atoms with E-state index in [0.29, 0.717) is 28.1 Å². The van der Waals surface area contributed by atoms with Crippen LogP contribution in [0.5, 0.6) is 0 Å². The molecule has 40 heavy (non-hydrogen) atoms. The van der Waals surface area contributed by atoms with E-state index < -0.39 is 32.8 Å². The lowest BCUT2D eigenvalue weighted by molar-refractivity contribution is 0.0505. The van der Waals surface area contributed by atoms with Gasteiger partial charge in [0.05, 0.1) is 28.1 Å². The predicted octanol–water partition coefficient (Wildman–Crippen LogP) is 4.05. The number of alkyl carbamates (subject to hydrolysis) is 1. The van der Waals surface area contributed by atoms with Crippen molar-refractivity contribution in [3.8, 4) is 0 Å². The molecule has 1 unspecified atom stereocenters. The Balaban J connectivity index is 1.58. The number of likely N-dealkylation sites (tertiary alicyclic amines) is 1. The summed E-state index contributed by atoms with van der Waals surface area (Å²) in [5, 5.41) is 3.48. The van der Waals surface area contributed by atoms with Gasteiger partial charge in [-0.2, -0.15) is 0 Å². The lowest BCUT2D eigenvalue weighted by atomic mass is 10.1. The number of nitrogens with zero attached hydrogens (tertiary/aromatic N) is 2. The number of aromatic amines is 1. The van der Waals surface area contributed by atoms with Gasteiger partial charge in [-0.15, -0.1) is 0 Å². The highest BCUT2D eigenvalue weighted by atomic mass is 79.9. The fourth-order valence-corrected chi connectivity index (χ4v) is 6.47. The van der Waals surface area contributed by atoms with Crippen LogP contribution in [0.25, 0.3) is 10.9 Å². The lowest BCUT2D eigenvalue weighted by Crippen LogP contribution is -2.40. The average molecular weight is 656 g/mol. The maximum absolute atomic E-state index is 13.4. The molecule has 0 aliphatic carbocycles. The van der Waals surface area contributed by atoms with Gasteiger partial charge in [0.1, 0.15) is 5.60 Å². The van der Waals surface area contributed by atoms with Gasteiger partial charge in [-0.3, -0.25) is 14.3 Å². The standard InChI is InChI=1S/C27H32BrClN4O6S/c1-5-40(37,38)23-7-6-18(29)10-17(23)14-33-24(34)20-12-21(28)16(11-22(20)31-25(33)35)13-32-9-8-19(15-32)30-26(36)39-27(2,3)4/h6-7,10-12,19H,5,8-9,13-15H2,1-4H3,(H,30,36)(H,31,35). The maximum Gasteiger partial charge on any atom is 0.407 e. The Kier molecular flexibility index (Phi) is 8.84. The van der Waals surface area contributed by atoms with Crippen LogP contribution in [-0.4, -0.2) is 59.4 Å². The number of rotatable bonds is 7. The molecule has 1 amide bonds. The summed E-state index contributed by atoms with van der Waals surface area (Å²) in [5.41, 5.74) is -0.274. The molecule has 1 saturated heterocycles. The van der Waals surface area contributed by atoms with Crippen LogP contribution < -0.4 is 16.6 Å². The van der Waals surface area contributed by atoms with Crippen LogP contribution >= 0.6 is 27.5 Å². The number of aromatic nitrogens is 2. The molecule has 0 spiro atoms. The Bertz CT molecular complexity index is 1680. The maximum atomic E-state index is 13.4. The molecule has 0 saturated carbocycles. The largest absolute Gasteiger partial charge is 0.444 e. The summed E-state index contributed by atoms with van der Waals surface area (Å²) in [4.78, 5) is 43.5. The second-order valence-corrected chi connectivity index (χ2v) is 14.4. The summed E-state index contributed by atoms with van der Waals surface area (Å²) in [6, 6.07) is 7.69. The van der Waals surface area contributed by atoms with Crippen LogP contribution in [0, 0.1) is 0 Å². The molecule has 13 heteroatoms. The molecule has 1 atom stereocenters. The zero-order valence-electron chi connectivity index (χ0n) is 22.7. The van der Waals surface area contributed by atoms with Crippen molar-refractivity contribution < 1.29 is 17.9 Å². The third-order valence-corrected chi connectivity index (χ3v) is 9.40. The third kappa shape index (κ3) is 6.96. The average Bonchev–Trinajstić information content (AvgIpc) is 3.28. The van der Waals surface area contributed by atoms with Gasteiger partial charge in [0.25, 0.3) is 5.56 Å². The minimum atomic E-state index is -3.61. The van der Waals surface area contributed by atoms with E-state index >= 15 is 0 Å². The number of ether oxygens (including phenoxy) is 1. The molecule has 2 N–H and O–H groups in total. The van der Waals surface area contributed by atoms with Crippen molar-refractivity contribution in [1.82, 2.24) is 19.8 Å². The van der Waals surface area contributed by atoms with Crippen molar-refractivity contribution >= 4 is 54.4 Å². The molecule has 10 nitrogen and oxygen atoms in total. The van der Waals surface area contributed by atoms with Gasteiger partial charge in [-0.05, 0) is 68.7 Å². The van der Waals surface area contributed by atoms with E-state index in [1.54, 1.807) is 12.1 Å². The van der Waals surface area contributed by atoms with E-state index in [2.05, 4.69) is 31.1 Å². The van der Waals surface area contributed by atoms with E-state index in [4.69, 9.17) is 16.3 Å². The molecule has 0 radical (unpaired) electrons. The van der Waals surface area contributed by atoms with Gasteiger partial charge in [0.15, 0.2) is 9.84 Å². The number of amides is 1. The molecule has 2 heterocycles. The summed E-state index contributed by atoms with van der Waals surface area (Å²) in [5.74, 6) is -0.130. The van der Waals surface area contributed by atoms with Gasteiger partial charge in [-0.1, -0.05) is 34.5 Å². The highest BCUT2D eigenvalue weighted by molar-refractivity contribution is 9.10. The second kappa shape index (κ2) is 11.7. The summed E-state index contributed by atoms with van der Waals surface area (Å²) >= 11 is 9.67. The molecule has 1 aliphatic rings. The monoisotopic (exact) mass is 654 g/mol. The number of fused-ring (bicyclic) bond motifs is 1. The number of halogens is 2. The summed E-state index contributed by atoms with van der Waals surface area (Å²) in [7, 11) is -3.61. The molecule has 3 aromatic rings. The highest BCUT2D eigenvalue weighted by Gasteiger charge is 2.27. The van der Waals surface area contributed by atoms with Gasteiger partial charge in [0.2, 0.25) is 0 Å². The van der Waals surface area contributed by atoms with Crippen molar-refractivity contribution in [3.63, 3.8) is 0 Å². The summed E-state index contributed by atoms with van der Waals surface area (Å²) < 4.78 is 32.2. The molecular weight excluding hydrogens is 624 g/mol. The first-order valence-electron chi connectivity index (χ1n) is 12.8. The Labute approximate surface area is 245 Å². The van der Waals surface area contributed by atoms with Crippen LogP contribution in [0.3, 0.4) is 0 Å². The Morgan fingerprint density at radius 1 is 1.18 bits per heavy atom. The Morgan fingerprint density at radius 2 is 1.90 bits per heavy atom. The van der Waals surface area contributed by atoms with Crippen molar-refractivity contribution in [3.05, 3.63) is 71.8 Å². The van der Waals surface area contributed by atoms with Gasteiger partial charge in [0, 0.05) is 35.2 Å². The number of hydrogen-bond donors (Lipinski definition) is 2. The molecule has 2 aromatic carbocycles. The number of carbonyl (C=O) groups is 1. The Hall–Kier alpha value is -2.67. The van der Waals surface area contributed by atoms with E-state index in [1.165, 1.54) is 25.1 Å². The third-order valence-electron chi connectivity index (χ3n) is 6.60. The first-order chi connectivity index (χ1) is 18.7. The zero-order valence-corrected chi connectivity index (χ0v) is 25.9. The molecule has 216 valence electrons. The van der Waals surface area contributed by atoms with Crippen LogP contribution in [0.15, 0.2) is 49.3 Å². The number of nitrogens with one attached hydrogen (secondary N) is 2. The van der Waals surface area contributed by atoms with Gasteiger partial charge >= 0.3 is 11.8 Å². The van der Waals surface area contributed by atoms with E-state index in [9.17, 15) is 22.8 Å². The summed E-state index contributed by atoms with van der Waals surface area (Å²) in [6.07, 6.45) is 0.322. The number of benzene rings is 2. The normalized spacial score (nSPS) is 16.4. The predicted molar refractivity (Wildman–Crippen MR) is 158 cm³/mol. The molecule has 1 aliphatic heterocycles. The van der Waals surface area contributed by atoms with Crippen LogP contribution in [-0.2, 0) is 27.7 Å². The number of carbonyl (C=O) groups excluding carboxylic acids is 1. The first kappa shape index (κ1) is 30.3. The zero-order chi connectivity index (χ0) is 29.4. The quantitative estimate of drug-likeness (QED) is 0.393. The van der Waals surface area contributed by atoms with Crippen LogP contribution in [0.4, 0.5) is 4.79 Å². The summed E-state index contributed by atoms with van der Waals surface area (Å²) in [6.45, 7) is 8.64. The molecule has 1 aromatic heterocycles. The molecule has 0 bridgehead atoms. The highest BCUT2D eigenvalue weighted by Crippen LogP contribution is 2.25. The number of sulfone groups is 1. The Morgan fingerprint density at radius 3 is 2.58 bits per heavy atom.